The maximum absolute atomic E-state index is 11.4. The Morgan fingerprint density at radius 3 is 2.90 bits per heavy atom. The van der Waals surface area contributed by atoms with Crippen LogP contribution in [0.4, 0.5) is 0 Å². The molecule has 3 rings (SSSR count). The molecular formula is C15H15BrN2O2. The third-order valence-corrected chi connectivity index (χ3v) is 4.45. The summed E-state index contributed by atoms with van der Waals surface area (Å²) in [5.41, 5.74) is 1.93. The van der Waals surface area contributed by atoms with Crippen molar-refractivity contribution in [1.82, 2.24) is 9.55 Å². The normalized spacial score (nSPS) is 22.3. The van der Waals surface area contributed by atoms with E-state index in [1.54, 1.807) is 0 Å². The smallest absolute Gasteiger partial charge is 0.307 e. The number of hydrogen-bond donors (Lipinski definition) is 1. The van der Waals surface area contributed by atoms with E-state index in [1.807, 2.05) is 35.9 Å². The van der Waals surface area contributed by atoms with Crippen LogP contribution < -0.4 is 0 Å². The number of aliphatic carboxylic acids is 1. The van der Waals surface area contributed by atoms with Crippen molar-refractivity contribution in [3.8, 4) is 0 Å². The van der Waals surface area contributed by atoms with Gasteiger partial charge in [0.2, 0.25) is 0 Å². The third-order valence-electron chi connectivity index (χ3n) is 3.96. The van der Waals surface area contributed by atoms with E-state index >= 15 is 0 Å². The van der Waals surface area contributed by atoms with Gasteiger partial charge in [0.05, 0.1) is 17.0 Å². The monoisotopic (exact) mass is 334 g/mol. The number of nitrogens with zero attached hydrogens (tertiary/aromatic N) is 2. The second kappa shape index (κ2) is 5.05. The number of aromatic nitrogens is 2. The number of allylic oxidation sites excluding steroid dienone is 2. The highest BCUT2D eigenvalue weighted by Gasteiger charge is 2.33. The molecule has 1 aromatic heterocycles. The highest BCUT2D eigenvalue weighted by Crippen LogP contribution is 2.35. The summed E-state index contributed by atoms with van der Waals surface area (Å²) in [4.78, 5) is 16.1. The standard InChI is InChI=1S/C15H15BrN2O2/c1-18-13-7-6-9(16)8-12(13)17-14(18)10-4-2-3-5-11(10)15(19)20/h2-3,6-8,10-11H,4-5H2,1H3,(H,19,20). The van der Waals surface area contributed by atoms with E-state index in [9.17, 15) is 9.90 Å². The third kappa shape index (κ3) is 2.16. The topological polar surface area (TPSA) is 55.1 Å². The van der Waals surface area contributed by atoms with Gasteiger partial charge in [0.1, 0.15) is 5.82 Å². The summed E-state index contributed by atoms with van der Waals surface area (Å²) >= 11 is 3.44. The Labute approximate surface area is 125 Å². The number of carbonyl (C=O) groups is 1. The lowest BCUT2D eigenvalue weighted by Crippen LogP contribution is -2.25. The number of imidazole rings is 1. The average molecular weight is 335 g/mol. The van der Waals surface area contributed by atoms with Crippen molar-refractivity contribution in [2.75, 3.05) is 0 Å². The van der Waals surface area contributed by atoms with Gasteiger partial charge in [-0.3, -0.25) is 4.79 Å². The SMILES string of the molecule is Cn1c(C2CC=CCC2C(=O)O)nc2cc(Br)ccc21. The average Bonchev–Trinajstić information content (AvgIpc) is 2.75. The highest BCUT2D eigenvalue weighted by atomic mass is 79.9. The highest BCUT2D eigenvalue weighted by molar-refractivity contribution is 9.10. The van der Waals surface area contributed by atoms with Gasteiger partial charge in [0.25, 0.3) is 0 Å². The molecule has 2 aromatic rings. The Hall–Kier alpha value is -1.62. The predicted molar refractivity (Wildman–Crippen MR) is 80.7 cm³/mol. The molecule has 0 radical (unpaired) electrons. The molecule has 1 N–H and O–H groups in total. The molecule has 0 saturated heterocycles. The van der Waals surface area contributed by atoms with Crippen LogP contribution in [-0.2, 0) is 11.8 Å². The molecular weight excluding hydrogens is 320 g/mol. The number of aryl methyl sites for hydroxylation is 1. The van der Waals surface area contributed by atoms with Crippen molar-refractivity contribution >= 4 is 32.9 Å². The molecule has 104 valence electrons. The van der Waals surface area contributed by atoms with Crippen LogP contribution in [0.3, 0.4) is 0 Å². The van der Waals surface area contributed by atoms with Crippen LogP contribution in [-0.4, -0.2) is 20.6 Å². The van der Waals surface area contributed by atoms with Gasteiger partial charge in [-0.05, 0) is 31.0 Å². The van der Waals surface area contributed by atoms with Crippen LogP contribution in [0.2, 0.25) is 0 Å². The summed E-state index contributed by atoms with van der Waals surface area (Å²) in [5.74, 6) is -0.338. The van der Waals surface area contributed by atoms with Gasteiger partial charge >= 0.3 is 5.97 Å². The fourth-order valence-electron chi connectivity index (χ4n) is 2.90. The summed E-state index contributed by atoms with van der Waals surface area (Å²) in [5, 5.41) is 9.40. The van der Waals surface area contributed by atoms with Gasteiger partial charge in [-0.25, -0.2) is 4.98 Å². The van der Waals surface area contributed by atoms with Crippen molar-refractivity contribution < 1.29 is 9.90 Å². The molecule has 1 heterocycles. The molecule has 0 fully saturated rings. The first-order chi connectivity index (χ1) is 9.58. The van der Waals surface area contributed by atoms with Crippen molar-refractivity contribution in [1.29, 1.82) is 0 Å². The molecule has 0 amide bonds. The number of carboxylic acid groups (broad SMARTS) is 1. The van der Waals surface area contributed by atoms with Crippen LogP contribution >= 0.6 is 15.9 Å². The zero-order chi connectivity index (χ0) is 14.3. The quantitative estimate of drug-likeness (QED) is 0.855. The van der Waals surface area contributed by atoms with Gasteiger partial charge in [0, 0.05) is 17.4 Å². The minimum Gasteiger partial charge on any atom is -0.481 e. The Balaban J connectivity index is 2.11. The largest absolute Gasteiger partial charge is 0.481 e. The minimum atomic E-state index is -0.743. The fraction of sp³-hybridized carbons (Fsp3) is 0.333. The van der Waals surface area contributed by atoms with Crippen molar-refractivity contribution in [2.24, 2.45) is 13.0 Å². The molecule has 0 saturated carbocycles. The summed E-state index contributed by atoms with van der Waals surface area (Å²) in [6, 6.07) is 5.95. The lowest BCUT2D eigenvalue weighted by molar-refractivity contribution is -0.142. The minimum absolute atomic E-state index is 0.0614. The Morgan fingerprint density at radius 2 is 2.15 bits per heavy atom. The molecule has 1 aliphatic carbocycles. The molecule has 5 heteroatoms. The maximum atomic E-state index is 11.4. The zero-order valence-corrected chi connectivity index (χ0v) is 12.7. The second-order valence-electron chi connectivity index (χ2n) is 5.16. The van der Waals surface area contributed by atoms with E-state index in [1.165, 1.54) is 0 Å². The Morgan fingerprint density at radius 1 is 1.40 bits per heavy atom. The van der Waals surface area contributed by atoms with Crippen LogP contribution in [0.25, 0.3) is 11.0 Å². The molecule has 2 unspecified atom stereocenters. The molecule has 20 heavy (non-hydrogen) atoms. The lowest BCUT2D eigenvalue weighted by Gasteiger charge is -2.24. The van der Waals surface area contributed by atoms with Gasteiger partial charge in [-0.15, -0.1) is 0 Å². The molecule has 0 bridgehead atoms. The number of hydrogen-bond acceptors (Lipinski definition) is 2. The molecule has 4 nitrogen and oxygen atoms in total. The van der Waals surface area contributed by atoms with Crippen molar-refractivity contribution in [2.45, 2.75) is 18.8 Å². The van der Waals surface area contributed by atoms with Gasteiger partial charge in [-0.2, -0.15) is 0 Å². The molecule has 0 aliphatic heterocycles. The molecule has 0 spiro atoms. The summed E-state index contributed by atoms with van der Waals surface area (Å²) < 4.78 is 3.00. The summed E-state index contributed by atoms with van der Waals surface area (Å²) in [6.07, 6.45) is 5.32. The number of fused-ring (bicyclic) bond motifs is 1. The number of carboxylic acids is 1. The van der Waals surface area contributed by atoms with Crippen LogP contribution in [0.1, 0.15) is 24.6 Å². The molecule has 1 aromatic carbocycles. The van der Waals surface area contributed by atoms with Gasteiger partial charge < -0.3 is 9.67 Å². The Kier molecular flexibility index (Phi) is 3.38. The second-order valence-corrected chi connectivity index (χ2v) is 6.07. The van der Waals surface area contributed by atoms with Crippen LogP contribution in [0, 0.1) is 5.92 Å². The van der Waals surface area contributed by atoms with Crippen LogP contribution in [0.5, 0.6) is 0 Å². The first-order valence-electron chi connectivity index (χ1n) is 6.57. The van der Waals surface area contributed by atoms with E-state index < -0.39 is 5.97 Å². The fourth-order valence-corrected chi connectivity index (χ4v) is 3.24. The van der Waals surface area contributed by atoms with Gasteiger partial charge in [0.15, 0.2) is 0 Å². The maximum Gasteiger partial charge on any atom is 0.307 e. The van der Waals surface area contributed by atoms with E-state index in [0.717, 1.165) is 27.8 Å². The van der Waals surface area contributed by atoms with Crippen molar-refractivity contribution in [3.63, 3.8) is 0 Å². The lowest BCUT2D eigenvalue weighted by atomic mass is 9.82. The van der Waals surface area contributed by atoms with E-state index in [2.05, 4.69) is 27.0 Å². The van der Waals surface area contributed by atoms with Gasteiger partial charge in [-0.1, -0.05) is 28.1 Å². The summed E-state index contributed by atoms with van der Waals surface area (Å²) in [7, 11) is 1.95. The van der Waals surface area contributed by atoms with Crippen molar-refractivity contribution in [3.05, 3.63) is 40.6 Å². The van der Waals surface area contributed by atoms with E-state index in [-0.39, 0.29) is 11.8 Å². The zero-order valence-electron chi connectivity index (χ0n) is 11.1. The Bertz CT molecular complexity index is 705. The van der Waals surface area contributed by atoms with Crippen LogP contribution in [0.15, 0.2) is 34.8 Å². The predicted octanol–water partition coefficient (Wildman–Crippen LogP) is 3.47. The first kappa shape index (κ1) is 13.4. The van der Waals surface area contributed by atoms with E-state index in [4.69, 9.17) is 0 Å². The van der Waals surface area contributed by atoms with E-state index in [0.29, 0.717) is 6.42 Å². The number of rotatable bonds is 2. The molecule has 2 atom stereocenters. The summed E-state index contributed by atoms with van der Waals surface area (Å²) in [6.45, 7) is 0. The first-order valence-corrected chi connectivity index (χ1v) is 7.37. The molecule has 1 aliphatic rings. The number of benzene rings is 1. The number of halogens is 1.